The molecule has 2 N–H and O–H groups in total. The van der Waals surface area contributed by atoms with Crippen molar-refractivity contribution in [3.63, 3.8) is 0 Å². The molecule has 0 bridgehead atoms. The third-order valence-electron chi connectivity index (χ3n) is 3.99. The van der Waals surface area contributed by atoms with Crippen LogP contribution in [0, 0.1) is 5.92 Å². The van der Waals surface area contributed by atoms with E-state index in [1.807, 2.05) is 12.1 Å². The van der Waals surface area contributed by atoms with Gasteiger partial charge in [0.05, 0.1) is 0 Å². The molecule has 1 aromatic rings. The summed E-state index contributed by atoms with van der Waals surface area (Å²) in [5, 5.41) is 0.810. The highest BCUT2D eigenvalue weighted by molar-refractivity contribution is 6.30. The summed E-state index contributed by atoms with van der Waals surface area (Å²) in [4.78, 5) is 0. The van der Waals surface area contributed by atoms with Gasteiger partial charge in [-0.05, 0) is 43.0 Å². The number of nitrogens with two attached hydrogens (primary N) is 1. The van der Waals surface area contributed by atoms with E-state index in [2.05, 4.69) is 19.1 Å². The van der Waals surface area contributed by atoms with Crippen molar-refractivity contribution in [3.8, 4) is 0 Å². The molecular weight excluding hydrogens is 266 g/mol. The SMILES string of the molecule is CCCCCCCCCC(CN)Cc1ccc(Cl)cc1. The van der Waals surface area contributed by atoms with Crippen molar-refractivity contribution in [2.75, 3.05) is 6.54 Å². The van der Waals surface area contributed by atoms with Crippen LogP contribution in [-0.4, -0.2) is 6.54 Å². The summed E-state index contributed by atoms with van der Waals surface area (Å²) in [7, 11) is 0. The Kier molecular flexibility index (Phi) is 9.78. The molecule has 20 heavy (non-hydrogen) atoms. The zero-order valence-corrected chi connectivity index (χ0v) is 13.7. The molecule has 0 saturated heterocycles. The van der Waals surface area contributed by atoms with Crippen LogP contribution in [0.3, 0.4) is 0 Å². The van der Waals surface area contributed by atoms with Crippen LogP contribution < -0.4 is 5.73 Å². The standard InChI is InChI=1S/C18H30ClN/c1-2-3-4-5-6-7-8-9-17(15-20)14-16-10-12-18(19)13-11-16/h10-13,17H,2-9,14-15,20H2,1H3. The molecule has 0 amide bonds. The van der Waals surface area contributed by atoms with Crippen LogP contribution in [-0.2, 0) is 6.42 Å². The molecule has 1 rings (SSSR count). The van der Waals surface area contributed by atoms with Gasteiger partial charge in [-0.2, -0.15) is 0 Å². The molecule has 0 aromatic heterocycles. The van der Waals surface area contributed by atoms with Gasteiger partial charge in [0.25, 0.3) is 0 Å². The Hall–Kier alpha value is -0.530. The maximum Gasteiger partial charge on any atom is 0.0406 e. The van der Waals surface area contributed by atoms with Gasteiger partial charge in [-0.1, -0.05) is 75.6 Å². The van der Waals surface area contributed by atoms with E-state index in [4.69, 9.17) is 17.3 Å². The molecule has 0 aliphatic carbocycles. The lowest BCUT2D eigenvalue weighted by atomic mass is 9.93. The molecule has 0 aliphatic heterocycles. The number of unbranched alkanes of at least 4 members (excludes halogenated alkanes) is 6. The maximum atomic E-state index is 5.91. The van der Waals surface area contributed by atoms with Crippen LogP contribution in [0.5, 0.6) is 0 Å². The molecule has 1 nitrogen and oxygen atoms in total. The van der Waals surface area contributed by atoms with E-state index in [9.17, 15) is 0 Å². The van der Waals surface area contributed by atoms with E-state index in [1.54, 1.807) is 0 Å². The first-order chi connectivity index (χ1) is 9.76. The van der Waals surface area contributed by atoms with Crippen molar-refractivity contribution >= 4 is 11.6 Å². The highest BCUT2D eigenvalue weighted by Gasteiger charge is 2.07. The van der Waals surface area contributed by atoms with Gasteiger partial charge in [0.2, 0.25) is 0 Å². The van der Waals surface area contributed by atoms with Gasteiger partial charge < -0.3 is 5.73 Å². The highest BCUT2D eigenvalue weighted by Crippen LogP contribution is 2.18. The Labute approximate surface area is 129 Å². The first-order valence-electron chi connectivity index (χ1n) is 8.20. The largest absolute Gasteiger partial charge is 0.330 e. The van der Waals surface area contributed by atoms with E-state index in [-0.39, 0.29) is 0 Å². The molecule has 0 heterocycles. The van der Waals surface area contributed by atoms with Crippen LogP contribution in [0.25, 0.3) is 0 Å². The third kappa shape index (κ3) is 7.91. The van der Waals surface area contributed by atoms with Crippen molar-refractivity contribution in [1.29, 1.82) is 0 Å². The second kappa shape index (κ2) is 11.2. The van der Waals surface area contributed by atoms with Crippen molar-refractivity contribution in [2.45, 2.75) is 64.7 Å². The van der Waals surface area contributed by atoms with Crippen LogP contribution in [0.15, 0.2) is 24.3 Å². The van der Waals surface area contributed by atoms with Crippen LogP contribution >= 0.6 is 11.6 Å². The van der Waals surface area contributed by atoms with E-state index in [0.717, 1.165) is 18.0 Å². The molecular formula is C18H30ClN. The maximum absolute atomic E-state index is 5.91. The quantitative estimate of drug-likeness (QED) is 0.528. The lowest BCUT2D eigenvalue weighted by Crippen LogP contribution is -2.16. The fourth-order valence-electron chi connectivity index (χ4n) is 2.65. The van der Waals surface area contributed by atoms with E-state index in [0.29, 0.717) is 5.92 Å². The molecule has 114 valence electrons. The van der Waals surface area contributed by atoms with Gasteiger partial charge in [-0.25, -0.2) is 0 Å². The van der Waals surface area contributed by atoms with E-state index >= 15 is 0 Å². The van der Waals surface area contributed by atoms with Crippen molar-refractivity contribution in [2.24, 2.45) is 11.7 Å². The summed E-state index contributed by atoms with van der Waals surface area (Å²) in [6.07, 6.45) is 11.9. The third-order valence-corrected chi connectivity index (χ3v) is 4.24. The van der Waals surface area contributed by atoms with E-state index in [1.165, 1.54) is 56.9 Å². The first-order valence-corrected chi connectivity index (χ1v) is 8.58. The van der Waals surface area contributed by atoms with Gasteiger partial charge >= 0.3 is 0 Å². The smallest absolute Gasteiger partial charge is 0.0406 e. The second-order valence-electron chi connectivity index (χ2n) is 5.84. The number of hydrogen-bond acceptors (Lipinski definition) is 1. The van der Waals surface area contributed by atoms with Crippen LogP contribution in [0.1, 0.15) is 63.9 Å². The zero-order chi connectivity index (χ0) is 14.6. The minimum Gasteiger partial charge on any atom is -0.330 e. The summed E-state index contributed by atoms with van der Waals surface area (Å²) in [6.45, 7) is 3.06. The lowest BCUT2D eigenvalue weighted by Gasteiger charge is -2.14. The molecule has 0 saturated carbocycles. The Bertz CT molecular complexity index is 334. The molecule has 2 heteroatoms. The van der Waals surface area contributed by atoms with Gasteiger partial charge in [0, 0.05) is 5.02 Å². The lowest BCUT2D eigenvalue weighted by molar-refractivity contribution is 0.455. The minimum atomic E-state index is 0.617. The van der Waals surface area contributed by atoms with Crippen molar-refractivity contribution in [1.82, 2.24) is 0 Å². The second-order valence-corrected chi connectivity index (χ2v) is 6.28. The molecule has 1 atom stereocenters. The Morgan fingerprint density at radius 1 is 0.950 bits per heavy atom. The predicted molar refractivity (Wildman–Crippen MR) is 90.3 cm³/mol. The molecule has 1 aromatic carbocycles. The Morgan fingerprint density at radius 3 is 2.15 bits per heavy atom. The number of benzene rings is 1. The summed E-state index contributed by atoms with van der Waals surface area (Å²) in [6, 6.07) is 8.18. The van der Waals surface area contributed by atoms with Gasteiger partial charge in [0.1, 0.15) is 0 Å². The predicted octanol–water partition coefficient (Wildman–Crippen LogP) is 5.60. The number of rotatable bonds is 11. The molecule has 0 spiro atoms. The van der Waals surface area contributed by atoms with Crippen molar-refractivity contribution in [3.05, 3.63) is 34.9 Å². The highest BCUT2D eigenvalue weighted by atomic mass is 35.5. The number of halogens is 1. The Balaban J connectivity index is 2.14. The van der Waals surface area contributed by atoms with Gasteiger partial charge in [0.15, 0.2) is 0 Å². The average Bonchev–Trinajstić information content (AvgIpc) is 2.47. The zero-order valence-electron chi connectivity index (χ0n) is 12.9. The normalized spacial score (nSPS) is 12.6. The molecule has 1 unspecified atom stereocenters. The summed E-state index contributed by atoms with van der Waals surface area (Å²) < 4.78 is 0. The number of hydrogen-bond donors (Lipinski definition) is 1. The fourth-order valence-corrected chi connectivity index (χ4v) is 2.77. The summed E-state index contributed by atoms with van der Waals surface area (Å²) >= 11 is 5.91. The Morgan fingerprint density at radius 2 is 1.55 bits per heavy atom. The van der Waals surface area contributed by atoms with Crippen LogP contribution in [0.2, 0.25) is 5.02 Å². The topological polar surface area (TPSA) is 26.0 Å². The summed E-state index contributed by atoms with van der Waals surface area (Å²) in [5.74, 6) is 0.617. The average molecular weight is 296 g/mol. The first kappa shape index (κ1) is 17.5. The molecule has 0 aliphatic rings. The van der Waals surface area contributed by atoms with Crippen LogP contribution in [0.4, 0.5) is 0 Å². The molecule has 0 fully saturated rings. The minimum absolute atomic E-state index is 0.617. The van der Waals surface area contributed by atoms with Crippen molar-refractivity contribution < 1.29 is 0 Å². The summed E-state index contributed by atoms with van der Waals surface area (Å²) in [5.41, 5.74) is 7.26. The van der Waals surface area contributed by atoms with Gasteiger partial charge in [-0.3, -0.25) is 0 Å². The van der Waals surface area contributed by atoms with E-state index < -0.39 is 0 Å². The fraction of sp³-hybridized carbons (Fsp3) is 0.667. The molecule has 0 radical (unpaired) electrons. The van der Waals surface area contributed by atoms with Gasteiger partial charge in [-0.15, -0.1) is 0 Å². The monoisotopic (exact) mass is 295 g/mol.